The van der Waals surface area contributed by atoms with Gasteiger partial charge in [0, 0.05) is 30.9 Å². The summed E-state index contributed by atoms with van der Waals surface area (Å²) in [5.41, 5.74) is 2.33. The highest BCUT2D eigenvalue weighted by atomic mass is 32.2. The number of para-hydroxylation sites is 1. The minimum absolute atomic E-state index is 0.163. The van der Waals surface area contributed by atoms with Crippen molar-refractivity contribution in [2.45, 2.75) is 68.4 Å². The van der Waals surface area contributed by atoms with Crippen molar-refractivity contribution >= 4 is 29.3 Å². The molecule has 3 aliphatic rings. The predicted molar refractivity (Wildman–Crippen MR) is 112 cm³/mol. The number of thioether (sulfide) groups is 1. The van der Waals surface area contributed by atoms with Crippen molar-refractivity contribution in [3.63, 3.8) is 0 Å². The zero-order valence-corrected chi connectivity index (χ0v) is 17.4. The van der Waals surface area contributed by atoms with Gasteiger partial charge >= 0.3 is 0 Å². The minimum atomic E-state index is -0.193. The summed E-state index contributed by atoms with van der Waals surface area (Å²) >= 11 is 1.56. The van der Waals surface area contributed by atoms with Gasteiger partial charge in [0.05, 0.1) is 5.25 Å². The van der Waals surface area contributed by atoms with Gasteiger partial charge in [-0.2, -0.15) is 0 Å². The van der Waals surface area contributed by atoms with Crippen LogP contribution in [0.25, 0.3) is 0 Å². The van der Waals surface area contributed by atoms with Crippen LogP contribution in [0, 0.1) is 0 Å². The molecule has 0 N–H and O–H groups in total. The highest BCUT2D eigenvalue weighted by molar-refractivity contribution is 8.00. The van der Waals surface area contributed by atoms with Crippen LogP contribution in [0.15, 0.2) is 29.4 Å². The van der Waals surface area contributed by atoms with E-state index in [2.05, 4.69) is 44.8 Å². The van der Waals surface area contributed by atoms with Gasteiger partial charge in [-0.1, -0.05) is 30.0 Å². The van der Waals surface area contributed by atoms with Gasteiger partial charge in [-0.3, -0.25) is 9.36 Å². The van der Waals surface area contributed by atoms with Crippen LogP contribution in [0.1, 0.15) is 51.1 Å². The van der Waals surface area contributed by atoms with Gasteiger partial charge in [0.25, 0.3) is 0 Å². The number of hydrogen-bond donors (Lipinski definition) is 0. The molecule has 0 radical (unpaired) electrons. The Balaban J connectivity index is 1.37. The molecule has 2 unspecified atom stereocenters. The molecule has 1 saturated heterocycles. The standard InChI is InChI=1S/C21H27N5OS/c1-14-13-16-7-3-4-8-18(16)25(14)19(27)15(2)28-21-23-22-20(24-11-5-6-12-24)26(21)17-9-10-17/h3-4,7-8,14-15,17H,5-6,9-13H2,1-2H3. The summed E-state index contributed by atoms with van der Waals surface area (Å²) in [5.74, 6) is 1.16. The van der Waals surface area contributed by atoms with E-state index in [-0.39, 0.29) is 17.2 Å². The smallest absolute Gasteiger partial charge is 0.240 e. The largest absolute Gasteiger partial charge is 0.341 e. The Kier molecular flexibility index (Phi) is 4.57. The van der Waals surface area contributed by atoms with Crippen LogP contribution < -0.4 is 9.80 Å². The third-order valence-corrected chi connectivity index (χ3v) is 7.07. The van der Waals surface area contributed by atoms with E-state index in [1.807, 2.05) is 17.9 Å². The summed E-state index contributed by atoms with van der Waals surface area (Å²) in [7, 11) is 0. The quantitative estimate of drug-likeness (QED) is 0.721. The maximum atomic E-state index is 13.3. The maximum Gasteiger partial charge on any atom is 0.240 e. The van der Waals surface area contributed by atoms with Crippen molar-refractivity contribution in [3.8, 4) is 0 Å². The summed E-state index contributed by atoms with van der Waals surface area (Å²) in [4.78, 5) is 17.6. The second kappa shape index (κ2) is 7.10. The fourth-order valence-electron chi connectivity index (χ4n) is 4.44. The highest BCUT2D eigenvalue weighted by Crippen LogP contribution is 2.42. The molecule has 1 saturated carbocycles. The van der Waals surface area contributed by atoms with Crippen molar-refractivity contribution < 1.29 is 4.79 Å². The molecule has 1 aliphatic carbocycles. The van der Waals surface area contributed by atoms with E-state index in [9.17, 15) is 4.79 Å². The summed E-state index contributed by atoms with van der Waals surface area (Å²) in [6.45, 7) is 6.26. The first kappa shape index (κ1) is 18.0. The Morgan fingerprint density at radius 3 is 2.68 bits per heavy atom. The van der Waals surface area contributed by atoms with E-state index in [1.54, 1.807) is 11.8 Å². The summed E-state index contributed by atoms with van der Waals surface area (Å²) in [6, 6.07) is 8.96. The first-order valence-electron chi connectivity index (χ1n) is 10.4. The van der Waals surface area contributed by atoms with E-state index in [0.717, 1.165) is 36.3 Å². The molecule has 7 heteroatoms. The molecule has 1 amide bonds. The Morgan fingerprint density at radius 1 is 1.18 bits per heavy atom. The van der Waals surface area contributed by atoms with E-state index in [1.165, 1.54) is 31.2 Å². The lowest BCUT2D eigenvalue weighted by Gasteiger charge is -2.26. The van der Waals surface area contributed by atoms with Gasteiger partial charge in [-0.05, 0) is 57.6 Å². The van der Waals surface area contributed by atoms with Crippen LogP contribution in [-0.2, 0) is 11.2 Å². The molecule has 2 aliphatic heterocycles. The van der Waals surface area contributed by atoms with E-state index in [4.69, 9.17) is 0 Å². The zero-order chi connectivity index (χ0) is 19.3. The van der Waals surface area contributed by atoms with Gasteiger partial charge in [0.1, 0.15) is 0 Å². The predicted octanol–water partition coefficient (Wildman–Crippen LogP) is 3.67. The first-order chi connectivity index (χ1) is 13.6. The molecule has 6 nitrogen and oxygen atoms in total. The number of nitrogens with zero attached hydrogens (tertiary/aromatic N) is 5. The van der Waals surface area contributed by atoms with Crippen molar-refractivity contribution in [2.24, 2.45) is 0 Å². The van der Waals surface area contributed by atoms with Crippen LogP contribution in [-0.4, -0.2) is 45.1 Å². The highest BCUT2D eigenvalue weighted by Gasteiger charge is 2.36. The van der Waals surface area contributed by atoms with Crippen molar-refractivity contribution in [2.75, 3.05) is 22.9 Å². The molecule has 2 atom stereocenters. The third-order valence-electron chi connectivity index (χ3n) is 6.02. The SMILES string of the molecule is CC(Sc1nnc(N2CCCC2)n1C1CC1)C(=O)N1c2ccccc2CC1C. The molecule has 0 bridgehead atoms. The number of benzene rings is 1. The van der Waals surface area contributed by atoms with Crippen LogP contribution >= 0.6 is 11.8 Å². The Morgan fingerprint density at radius 2 is 1.93 bits per heavy atom. The second-order valence-electron chi connectivity index (χ2n) is 8.23. The van der Waals surface area contributed by atoms with Crippen LogP contribution in [0.2, 0.25) is 0 Å². The number of carbonyl (C=O) groups excluding carboxylic acids is 1. The van der Waals surface area contributed by atoms with E-state index in [0.29, 0.717) is 6.04 Å². The molecule has 28 heavy (non-hydrogen) atoms. The Labute approximate surface area is 170 Å². The molecule has 0 spiro atoms. The van der Waals surface area contributed by atoms with Crippen molar-refractivity contribution in [1.82, 2.24) is 14.8 Å². The van der Waals surface area contributed by atoms with E-state index < -0.39 is 0 Å². The fourth-order valence-corrected chi connectivity index (χ4v) is 5.40. The molecular formula is C21H27N5OS. The topological polar surface area (TPSA) is 54.3 Å². The molecule has 3 heterocycles. The average Bonchev–Trinajstić information content (AvgIpc) is 3.09. The monoisotopic (exact) mass is 397 g/mol. The fraction of sp³-hybridized carbons (Fsp3) is 0.571. The number of rotatable bonds is 5. The van der Waals surface area contributed by atoms with Gasteiger partial charge in [0.15, 0.2) is 5.16 Å². The molecule has 1 aromatic carbocycles. The zero-order valence-electron chi connectivity index (χ0n) is 16.5. The number of aromatic nitrogens is 3. The summed E-state index contributed by atoms with van der Waals surface area (Å²) in [5, 5.41) is 9.71. The Hall–Kier alpha value is -2.02. The lowest BCUT2D eigenvalue weighted by molar-refractivity contribution is -0.118. The molecule has 2 aromatic rings. The second-order valence-corrected chi connectivity index (χ2v) is 9.54. The van der Waals surface area contributed by atoms with Gasteiger partial charge in [-0.25, -0.2) is 0 Å². The number of fused-ring (bicyclic) bond motifs is 1. The van der Waals surface area contributed by atoms with Gasteiger partial charge in [-0.15, -0.1) is 10.2 Å². The maximum absolute atomic E-state index is 13.3. The number of amides is 1. The number of hydrogen-bond acceptors (Lipinski definition) is 5. The Bertz CT molecular complexity index is 887. The van der Waals surface area contributed by atoms with Gasteiger partial charge in [0.2, 0.25) is 11.9 Å². The van der Waals surface area contributed by atoms with E-state index >= 15 is 0 Å². The molecule has 1 aromatic heterocycles. The van der Waals surface area contributed by atoms with Crippen LogP contribution in [0.4, 0.5) is 11.6 Å². The molecule has 5 rings (SSSR count). The third kappa shape index (κ3) is 3.09. The lowest BCUT2D eigenvalue weighted by Crippen LogP contribution is -2.40. The minimum Gasteiger partial charge on any atom is -0.341 e. The van der Waals surface area contributed by atoms with Crippen LogP contribution in [0.3, 0.4) is 0 Å². The van der Waals surface area contributed by atoms with Crippen LogP contribution in [0.5, 0.6) is 0 Å². The average molecular weight is 398 g/mol. The van der Waals surface area contributed by atoms with Gasteiger partial charge < -0.3 is 9.80 Å². The normalized spacial score (nSPS) is 22.6. The number of carbonyl (C=O) groups is 1. The number of anilines is 2. The summed E-state index contributed by atoms with van der Waals surface area (Å²) < 4.78 is 2.29. The summed E-state index contributed by atoms with van der Waals surface area (Å²) in [6.07, 6.45) is 5.75. The van der Waals surface area contributed by atoms with Crippen molar-refractivity contribution in [1.29, 1.82) is 0 Å². The molecular weight excluding hydrogens is 370 g/mol. The molecule has 148 valence electrons. The first-order valence-corrected chi connectivity index (χ1v) is 11.3. The molecule has 2 fully saturated rings. The van der Waals surface area contributed by atoms with Crippen molar-refractivity contribution in [3.05, 3.63) is 29.8 Å². The lowest BCUT2D eigenvalue weighted by atomic mass is 10.1.